The molecule has 2 aromatic rings. The van der Waals surface area contributed by atoms with Gasteiger partial charge in [0.15, 0.2) is 0 Å². The summed E-state index contributed by atoms with van der Waals surface area (Å²) in [6.07, 6.45) is 2.46. The number of benzene rings is 2. The first-order valence-electron chi connectivity index (χ1n) is 12.0. The first-order valence-corrected chi connectivity index (χ1v) is 12.0. The number of hydrogen-bond acceptors (Lipinski definition) is 6. The highest BCUT2D eigenvalue weighted by atomic mass is 16.2. The number of rotatable bonds is 6. The molecule has 0 aliphatic carbocycles. The maximum atomic E-state index is 13.3. The normalized spacial score (nSPS) is 19.3. The number of carbonyl (C=O) groups is 4. The van der Waals surface area contributed by atoms with Crippen LogP contribution in [0.2, 0.25) is 0 Å². The Kier molecular flexibility index (Phi) is 6.25. The first kappa shape index (κ1) is 23.0. The van der Waals surface area contributed by atoms with Gasteiger partial charge in [0.2, 0.25) is 17.7 Å². The highest BCUT2D eigenvalue weighted by molar-refractivity contribution is 6.06. The van der Waals surface area contributed by atoms with E-state index in [-0.39, 0.29) is 24.1 Å². The number of imide groups is 1. The molecule has 182 valence electrons. The maximum Gasteiger partial charge on any atom is 0.255 e. The van der Waals surface area contributed by atoms with E-state index in [1.54, 1.807) is 11.9 Å². The van der Waals surface area contributed by atoms with Crippen molar-refractivity contribution in [2.24, 2.45) is 0 Å². The van der Waals surface area contributed by atoms with E-state index < -0.39 is 11.9 Å². The zero-order chi connectivity index (χ0) is 24.5. The fourth-order valence-electron chi connectivity index (χ4n) is 5.22. The van der Waals surface area contributed by atoms with Crippen molar-refractivity contribution < 1.29 is 19.2 Å². The Labute approximate surface area is 203 Å². The van der Waals surface area contributed by atoms with Crippen LogP contribution in [0.5, 0.6) is 0 Å². The van der Waals surface area contributed by atoms with Crippen molar-refractivity contribution in [2.75, 3.05) is 30.4 Å². The topological polar surface area (TPSA) is 111 Å². The first-order chi connectivity index (χ1) is 17.0. The summed E-state index contributed by atoms with van der Waals surface area (Å²) in [5, 5.41) is 8.69. The molecule has 3 heterocycles. The Bertz CT molecular complexity index is 1210. The number of anilines is 2. The zero-order valence-electron chi connectivity index (χ0n) is 19.7. The predicted octanol–water partition coefficient (Wildman–Crippen LogP) is 1.56. The van der Waals surface area contributed by atoms with Gasteiger partial charge in [0, 0.05) is 43.0 Å². The molecule has 3 N–H and O–H groups in total. The van der Waals surface area contributed by atoms with E-state index in [1.807, 2.05) is 35.2 Å². The van der Waals surface area contributed by atoms with E-state index >= 15 is 0 Å². The lowest BCUT2D eigenvalue weighted by atomic mass is 10.0. The molecule has 3 aliphatic rings. The quantitative estimate of drug-likeness (QED) is 0.547. The number of carbonyl (C=O) groups excluding carboxylic acids is 4. The monoisotopic (exact) mass is 475 g/mol. The molecule has 3 aliphatic heterocycles. The number of aryl methyl sites for hydroxylation is 1. The molecule has 0 spiro atoms. The van der Waals surface area contributed by atoms with Crippen LogP contribution in [0.15, 0.2) is 36.4 Å². The molecule has 4 amide bonds. The van der Waals surface area contributed by atoms with E-state index in [2.05, 4.69) is 22.0 Å². The molecule has 1 fully saturated rings. The highest BCUT2D eigenvalue weighted by Gasteiger charge is 2.39. The Morgan fingerprint density at radius 3 is 2.77 bits per heavy atom. The van der Waals surface area contributed by atoms with Crippen LogP contribution in [-0.4, -0.2) is 54.7 Å². The minimum absolute atomic E-state index is 0.0469. The molecular weight excluding hydrogens is 446 g/mol. The van der Waals surface area contributed by atoms with Gasteiger partial charge in [0.1, 0.15) is 6.04 Å². The molecule has 9 heteroatoms. The minimum atomic E-state index is -0.629. The number of fused-ring (bicyclic) bond motifs is 2. The second-order valence-corrected chi connectivity index (χ2v) is 9.23. The molecule has 35 heavy (non-hydrogen) atoms. The van der Waals surface area contributed by atoms with E-state index in [1.165, 1.54) is 0 Å². The van der Waals surface area contributed by atoms with Crippen LogP contribution in [-0.2, 0) is 33.9 Å². The second-order valence-electron chi connectivity index (χ2n) is 9.23. The molecule has 1 saturated heterocycles. The Morgan fingerprint density at radius 1 is 1.11 bits per heavy atom. The zero-order valence-corrected chi connectivity index (χ0v) is 19.7. The standard InChI is InChI=1S/C26H29N5O4/c1-27-14-23(33)30-11-3-6-16-7-8-19(12-21(16)30)28-13-17-4-2-5-18-15-31(26(35)24(17)18)20-9-10-22(32)29-25(20)34/h2,4-5,7-8,12,20,27-28H,3,6,9-11,13-15H2,1H3,(H,29,32,34). The molecule has 5 rings (SSSR count). The smallest absolute Gasteiger partial charge is 0.255 e. The molecule has 0 saturated carbocycles. The van der Waals surface area contributed by atoms with Gasteiger partial charge in [-0.1, -0.05) is 24.3 Å². The number of amides is 4. The average molecular weight is 476 g/mol. The van der Waals surface area contributed by atoms with Crippen molar-refractivity contribution in [3.05, 3.63) is 58.7 Å². The lowest BCUT2D eigenvalue weighted by Gasteiger charge is -2.30. The lowest BCUT2D eigenvalue weighted by molar-refractivity contribution is -0.137. The van der Waals surface area contributed by atoms with Gasteiger partial charge < -0.3 is 20.4 Å². The maximum absolute atomic E-state index is 13.3. The van der Waals surface area contributed by atoms with Crippen LogP contribution in [0.3, 0.4) is 0 Å². The fraction of sp³-hybridized carbons (Fsp3) is 0.385. The largest absolute Gasteiger partial charge is 0.381 e. The van der Waals surface area contributed by atoms with Gasteiger partial charge in [0.05, 0.1) is 6.54 Å². The number of nitrogens with zero attached hydrogens (tertiary/aromatic N) is 2. The van der Waals surface area contributed by atoms with Crippen LogP contribution >= 0.6 is 0 Å². The third-order valence-electron chi connectivity index (χ3n) is 6.95. The average Bonchev–Trinajstić information content (AvgIpc) is 3.19. The van der Waals surface area contributed by atoms with Crippen molar-refractivity contribution in [3.63, 3.8) is 0 Å². The van der Waals surface area contributed by atoms with Gasteiger partial charge in [-0.15, -0.1) is 0 Å². The molecule has 1 atom stereocenters. The lowest BCUT2D eigenvalue weighted by Crippen LogP contribution is -2.52. The molecule has 0 radical (unpaired) electrons. The van der Waals surface area contributed by atoms with Gasteiger partial charge in [0.25, 0.3) is 5.91 Å². The van der Waals surface area contributed by atoms with Crippen LogP contribution < -0.4 is 20.9 Å². The van der Waals surface area contributed by atoms with Crippen molar-refractivity contribution >= 4 is 35.0 Å². The molecule has 1 unspecified atom stereocenters. The van der Waals surface area contributed by atoms with Crippen LogP contribution in [0.1, 0.15) is 46.3 Å². The van der Waals surface area contributed by atoms with Gasteiger partial charge in [-0.2, -0.15) is 0 Å². The number of hydrogen-bond donors (Lipinski definition) is 3. The third-order valence-corrected chi connectivity index (χ3v) is 6.95. The number of nitrogens with one attached hydrogen (secondary N) is 3. The summed E-state index contributed by atoms with van der Waals surface area (Å²) in [4.78, 5) is 53.2. The van der Waals surface area contributed by atoms with E-state index in [0.29, 0.717) is 38.2 Å². The van der Waals surface area contributed by atoms with Gasteiger partial charge >= 0.3 is 0 Å². The summed E-state index contributed by atoms with van der Waals surface area (Å²) >= 11 is 0. The van der Waals surface area contributed by atoms with E-state index in [9.17, 15) is 19.2 Å². The van der Waals surface area contributed by atoms with Gasteiger partial charge in [-0.25, -0.2) is 0 Å². The van der Waals surface area contributed by atoms with Crippen LogP contribution in [0, 0.1) is 0 Å². The van der Waals surface area contributed by atoms with Crippen molar-refractivity contribution in [1.82, 2.24) is 15.5 Å². The highest BCUT2D eigenvalue weighted by Crippen LogP contribution is 2.32. The summed E-state index contributed by atoms with van der Waals surface area (Å²) < 4.78 is 0. The molecule has 0 aromatic heterocycles. The summed E-state index contributed by atoms with van der Waals surface area (Å²) in [5.41, 5.74) is 5.31. The predicted molar refractivity (Wildman–Crippen MR) is 131 cm³/mol. The SMILES string of the molecule is CNCC(=O)N1CCCc2ccc(NCc3cccc4c3C(=O)N(C3CCC(=O)NC3=O)C4)cc21. The van der Waals surface area contributed by atoms with Crippen LogP contribution in [0.4, 0.5) is 11.4 Å². The Morgan fingerprint density at radius 2 is 1.97 bits per heavy atom. The number of likely N-dealkylation sites (N-methyl/N-ethyl adjacent to an activating group) is 1. The third kappa shape index (κ3) is 4.39. The summed E-state index contributed by atoms with van der Waals surface area (Å²) in [5.74, 6) is -0.836. The molecule has 9 nitrogen and oxygen atoms in total. The molecule has 2 aromatic carbocycles. The molecule has 0 bridgehead atoms. The summed E-state index contributed by atoms with van der Waals surface area (Å²) in [6, 6.07) is 11.2. The number of piperidine rings is 1. The summed E-state index contributed by atoms with van der Waals surface area (Å²) in [6.45, 7) is 1.78. The second kappa shape index (κ2) is 9.50. The van der Waals surface area contributed by atoms with Crippen molar-refractivity contribution in [2.45, 2.75) is 44.8 Å². The van der Waals surface area contributed by atoms with E-state index in [4.69, 9.17) is 0 Å². The van der Waals surface area contributed by atoms with E-state index in [0.717, 1.165) is 40.9 Å². The molecular formula is C26H29N5O4. The Balaban J connectivity index is 1.33. The fourth-order valence-corrected chi connectivity index (χ4v) is 5.22. The van der Waals surface area contributed by atoms with Crippen LogP contribution in [0.25, 0.3) is 0 Å². The van der Waals surface area contributed by atoms with Crippen molar-refractivity contribution in [3.8, 4) is 0 Å². The Hall–Kier alpha value is -3.72. The van der Waals surface area contributed by atoms with Crippen molar-refractivity contribution in [1.29, 1.82) is 0 Å². The van der Waals surface area contributed by atoms with Gasteiger partial charge in [-0.05, 0) is 55.1 Å². The van der Waals surface area contributed by atoms with Gasteiger partial charge in [-0.3, -0.25) is 24.5 Å². The minimum Gasteiger partial charge on any atom is -0.381 e. The summed E-state index contributed by atoms with van der Waals surface area (Å²) in [7, 11) is 1.77.